The normalized spacial score (nSPS) is 14.7. The van der Waals surface area contributed by atoms with Crippen molar-refractivity contribution in [1.82, 2.24) is 15.2 Å². The topological polar surface area (TPSA) is 48.5 Å². The number of hydrogen-bond acceptors (Lipinski definition) is 4. The van der Waals surface area contributed by atoms with E-state index in [-0.39, 0.29) is 6.03 Å². The van der Waals surface area contributed by atoms with Crippen molar-refractivity contribution in [2.75, 3.05) is 31.1 Å². The van der Waals surface area contributed by atoms with Gasteiger partial charge in [-0.3, -0.25) is 0 Å². The van der Waals surface area contributed by atoms with Gasteiger partial charge in [-0.25, -0.2) is 9.78 Å². The van der Waals surface area contributed by atoms with Gasteiger partial charge in [0.05, 0.1) is 10.2 Å². The van der Waals surface area contributed by atoms with Crippen molar-refractivity contribution in [3.63, 3.8) is 0 Å². The maximum atomic E-state index is 12.4. The number of carbonyl (C=O) groups excluding carboxylic acids is 1. The van der Waals surface area contributed by atoms with Gasteiger partial charge in [0.15, 0.2) is 5.13 Å². The van der Waals surface area contributed by atoms with Gasteiger partial charge in [-0.15, -0.1) is 0 Å². The van der Waals surface area contributed by atoms with E-state index < -0.39 is 0 Å². The van der Waals surface area contributed by atoms with Crippen LogP contribution in [-0.4, -0.2) is 42.1 Å². The fraction of sp³-hybridized carbons (Fsp3) is 0.263. The summed E-state index contributed by atoms with van der Waals surface area (Å²) >= 11 is 5.21. The Balaban J connectivity index is 1.33. The number of aromatic nitrogens is 1. The number of rotatable bonds is 3. The Morgan fingerprint density at radius 3 is 2.65 bits per heavy atom. The van der Waals surface area contributed by atoms with E-state index in [4.69, 9.17) is 4.98 Å². The molecular weight excluding hydrogens is 412 g/mol. The van der Waals surface area contributed by atoms with Crippen LogP contribution >= 0.6 is 27.3 Å². The van der Waals surface area contributed by atoms with E-state index in [1.165, 1.54) is 4.70 Å². The van der Waals surface area contributed by atoms with Crippen LogP contribution < -0.4 is 10.2 Å². The summed E-state index contributed by atoms with van der Waals surface area (Å²) in [5.41, 5.74) is 2.14. The molecule has 1 saturated heterocycles. The smallest absolute Gasteiger partial charge is 0.317 e. The highest BCUT2D eigenvalue weighted by molar-refractivity contribution is 9.10. The molecule has 2 heterocycles. The molecule has 0 bridgehead atoms. The van der Waals surface area contributed by atoms with Crippen LogP contribution in [0.4, 0.5) is 9.93 Å². The summed E-state index contributed by atoms with van der Waals surface area (Å²) in [6, 6.07) is 16.1. The van der Waals surface area contributed by atoms with Crippen LogP contribution in [0.5, 0.6) is 0 Å². The number of urea groups is 1. The van der Waals surface area contributed by atoms with Gasteiger partial charge in [-0.1, -0.05) is 57.6 Å². The third-order valence-corrected chi connectivity index (χ3v) is 6.04. The molecule has 4 rings (SSSR count). The molecule has 0 saturated carbocycles. The number of piperazine rings is 1. The second-order valence-corrected chi connectivity index (χ2v) is 8.15. The molecule has 1 N–H and O–H groups in total. The van der Waals surface area contributed by atoms with Crippen LogP contribution in [0, 0.1) is 0 Å². The van der Waals surface area contributed by atoms with Crippen LogP contribution in [-0.2, 0) is 6.54 Å². The summed E-state index contributed by atoms with van der Waals surface area (Å²) < 4.78 is 2.25. The highest BCUT2D eigenvalue weighted by Crippen LogP contribution is 2.31. The van der Waals surface area contributed by atoms with Gasteiger partial charge in [0.2, 0.25) is 0 Å². The maximum Gasteiger partial charge on any atom is 0.317 e. The minimum absolute atomic E-state index is 0.00161. The van der Waals surface area contributed by atoms with Crippen molar-refractivity contribution in [2.45, 2.75) is 6.54 Å². The van der Waals surface area contributed by atoms with Gasteiger partial charge in [-0.2, -0.15) is 0 Å². The lowest BCUT2D eigenvalue weighted by Gasteiger charge is -2.34. The van der Waals surface area contributed by atoms with Crippen molar-refractivity contribution >= 4 is 48.6 Å². The van der Waals surface area contributed by atoms with Crippen LogP contribution in [0.1, 0.15) is 5.56 Å². The number of hydrogen-bond donors (Lipinski definition) is 1. The predicted molar refractivity (Wildman–Crippen MR) is 110 cm³/mol. The van der Waals surface area contributed by atoms with Crippen LogP contribution in [0.2, 0.25) is 0 Å². The van der Waals surface area contributed by atoms with E-state index in [2.05, 4.69) is 32.2 Å². The molecule has 2 amide bonds. The fourth-order valence-corrected chi connectivity index (χ4v) is 4.58. The Morgan fingerprint density at radius 2 is 1.88 bits per heavy atom. The SMILES string of the molecule is O=C(NCc1ccccc1)N1CCN(c2nc3ccc(Br)cc3s2)CC1. The number of anilines is 1. The molecule has 0 unspecified atom stereocenters. The van der Waals surface area contributed by atoms with Gasteiger partial charge in [0, 0.05) is 37.2 Å². The van der Waals surface area contributed by atoms with Crippen molar-refractivity contribution in [2.24, 2.45) is 0 Å². The monoisotopic (exact) mass is 430 g/mol. The first-order valence-electron chi connectivity index (χ1n) is 8.57. The average Bonchev–Trinajstić information content (AvgIpc) is 3.10. The third-order valence-electron chi connectivity index (χ3n) is 4.46. The molecule has 1 aliphatic heterocycles. The fourth-order valence-electron chi connectivity index (χ4n) is 3.01. The molecule has 0 spiro atoms. The molecular formula is C19H19BrN4OS. The number of fused-ring (bicyclic) bond motifs is 1. The van der Waals surface area contributed by atoms with Gasteiger partial charge >= 0.3 is 6.03 Å². The second kappa shape index (κ2) is 7.63. The van der Waals surface area contributed by atoms with E-state index in [1.807, 2.05) is 47.4 Å². The van der Waals surface area contributed by atoms with Crippen molar-refractivity contribution in [1.29, 1.82) is 0 Å². The van der Waals surface area contributed by atoms with Crippen LogP contribution in [0.3, 0.4) is 0 Å². The molecule has 5 nitrogen and oxygen atoms in total. The number of thiazole rings is 1. The third kappa shape index (κ3) is 3.83. The largest absolute Gasteiger partial charge is 0.345 e. The molecule has 134 valence electrons. The number of halogens is 1. The second-order valence-electron chi connectivity index (χ2n) is 6.23. The van der Waals surface area contributed by atoms with E-state index in [0.717, 1.165) is 33.8 Å². The molecule has 0 radical (unpaired) electrons. The molecule has 7 heteroatoms. The number of amides is 2. The summed E-state index contributed by atoms with van der Waals surface area (Å²) in [6.45, 7) is 3.59. The van der Waals surface area contributed by atoms with Gasteiger partial charge < -0.3 is 15.1 Å². The standard InChI is InChI=1S/C19H19BrN4OS/c20-15-6-7-16-17(12-15)26-19(22-16)24-10-8-23(9-11-24)18(25)21-13-14-4-2-1-3-5-14/h1-7,12H,8-11,13H2,(H,21,25). The molecule has 1 aliphatic rings. The summed E-state index contributed by atoms with van der Waals surface area (Å²) in [6.07, 6.45) is 0. The Labute approximate surface area is 164 Å². The highest BCUT2D eigenvalue weighted by Gasteiger charge is 2.23. The zero-order valence-electron chi connectivity index (χ0n) is 14.2. The summed E-state index contributed by atoms with van der Waals surface area (Å²) in [4.78, 5) is 21.2. The van der Waals surface area contributed by atoms with Crippen molar-refractivity contribution in [3.8, 4) is 0 Å². The lowest BCUT2D eigenvalue weighted by Crippen LogP contribution is -2.51. The number of nitrogens with one attached hydrogen (secondary N) is 1. The number of carbonyl (C=O) groups is 1. The average molecular weight is 431 g/mol. The Hall–Kier alpha value is -2.12. The van der Waals surface area contributed by atoms with Crippen molar-refractivity contribution < 1.29 is 4.79 Å². The predicted octanol–water partition coefficient (Wildman–Crippen LogP) is 4.09. The van der Waals surface area contributed by atoms with Crippen LogP contribution in [0.15, 0.2) is 53.0 Å². The maximum absolute atomic E-state index is 12.4. The quantitative estimate of drug-likeness (QED) is 0.680. The minimum atomic E-state index is 0.00161. The molecule has 3 aromatic rings. The lowest BCUT2D eigenvalue weighted by molar-refractivity contribution is 0.194. The van der Waals surface area contributed by atoms with E-state index in [0.29, 0.717) is 19.6 Å². The van der Waals surface area contributed by atoms with Gasteiger partial charge in [-0.05, 0) is 23.8 Å². The Bertz CT molecular complexity index is 906. The first-order chi connectivity index (χ1) is 12.7. The Kier molecular flexibility index (Phi) is 5.08. The zero-order valence-corrected chi connectivity index (χ0v) is 16.6. The van der Waals surface area contributed by atoms with E-state index >= 15 is 0 Å². The zero-order chi connectivity index (χ0) is 17.9. The molecule has 2 aromatic carbocycles. The Morgan fingerprint density at radius 1 is 1.12 bits per heavy atom. The first kappa shape index (κ1) is 17.3. The molecule has 26 heavy (non-hydrogen) atoms. The highest BCUT2D eigenvalue weighted by atomic mass is 79.9. The molecule has 1 fully saturated rings. The minimum Gasteiger partial charge on any atom is -0.345 e. The summed E-state index contributed by atoms with van der Waals surface area (Å²) in [7, 11) is 0. The van der Waals surface area contributed by atoms with Gasteiger partial charge in [0.25, 0.3) is 0 Å². The van der Waals surface area contributed by atoms with Crippen LogP contribution in [0.25, 0.3) is 10.2 Å². The lowest BCUT2D eigenvalue weighted by atomic mass is 10.2. The summed E-state index contributed by atoms with van der Waals surface area (Å²) in [5.74, 6) is 0. The van der Waals surface area contributed by atoms with Crippen molar-refractivity contribution in [3.05, 3.63) is 58.6 Å². The number of benzene rings is 2. The molecule has 0 atom stereocenters. The summed E-state index contributed by atoms with van der Waals surface area (Å²) in [5, 5.41) is 4.03. The van der Waals surface area contributed by atoms with Gasteiger partial charge in [0.1, 0.15) is 0 Å². The number of nitrogens with zero attached hydrogens (tertiary/aromatic N) is 3. The van der Waals surface area contributed by atoms with E-state index in [9.17, 15) is 4.79 Å². The molecule has 0 aliphatic carbocycles. The molecule has 1 aromatic heterocycles. The van der Waals surface area contributed by atoms with E-state index in [1.54, 1.807) is 11.3 Å². The first-order valence-corrected chi connectivity index (χ1v) is 10.2.